The van der Waals surface area contributed by atoms with E-state index >= 15 is 0 Å². The van der Waals surface area contributed by atoms with Gasteiger partial charge in [0, 0.05) is 31.3 Å². The van der Waals surface area contributed by atoms with Crippen molar-refractivity contribution >= 4 is 0 Å². The highest BCUT2D eigenvalue weighted by molar-refractivity contribution is 5.48. The van der Waals surface area contributed by atoms with E-state index < -0.39 is 0 Å². The Bertz CT molecular complexity index is 1060. The van der Waals surface area contributed by atoms with Gasteiger partial charge in [0.25, 0.3) is 5.56 Å². The number of aromatic amines is 1. The average molecular weight is 390 g/mol. The van der Waals surface area contributed by atoms with Crippen LogP contribution in [0, 0.1) is 13.8 Å². The minimum atomic E-state index is -0.129. The van der Waals surface area contributed by atoms with Gasteiger partial charge in [-0.1, -0.05) is 12.1 Å². The molecule has 2 aromatic heterocycles. The average Bonchev–Trinajstić information content (AvgIpc) is 3.19. The van der Waals surface area contributed by atoms with Crippen LogP contribution in [0.15, 0.2) is 47.4 Å². The van der Waals surface area contributed by atoms with Crippen molar-refractivity contribution in [3.8, 4) is 17.3 Å². The number of rotatable bonds is 5. The van der Waals surface area contributed by atoms with Gasteiger partial charge >= 0.3 is 0 Å². The molecule has 6 heteroatoms. The van der Waals surface area contributed by atoms with Crippen LogP contribution in [0.25, 0.3) is 11.5 Å². The lowest BCUT2D eigenvalue weighted by atomic mass is 10.0. The summed E-state index contributed by atoms with van der Waals surface area (Å²) in [7, 11) is 1.71. The number of aryl methyl sites for hydroxylation is 2. The molecule has 0 radical (unpaired) electrons. The molecule has 1 aromatic carbocycles. The molecule has 0 unspecified atom stereocenters. The predicted octanol–water partition coefficient (Wildman–Crippen LogP) is 3.45. The van der Waals surface area contributed by atoms with Gasteiger partial charge in [0.1, 0.15) is 11.4 Å². The Kier molecular flexibility index (Phi) is 5.45. The minimum Gasteiger partial charge on any atom is -0.496 e. The van der Waals surface area contributed by atoms with Crippen LogP contribution < -0.4 is 10.3 Å². The molecule has 0 saturated carbocycles. The molecule has 3 heterocycles. The highest BCUT2D eigenvalue weighted by atomic mass is 16.5. The van der Waals surface area contributed by atoms with Gasteiger partial charge in [0.05, 0.1) is 12.8 Å². The van der Waals surface area contributed by atoms with E-state index in [4.69, 9.17) is 9.72 Å². The lowest BCUT2D eigenvalue weighted by Crippen LogP contribution is -2.21. The van der Waals surface area contributed by atoms with Crippen LogP contribution in [0.2, 0.25) is 0 Å². The fourth-order valence-corrected chi connectivity index (χ4v) is 4.01. The van der Waals surface area contributed by atoms with Crippen LogP contribution in [0.4, 0.5) is 0 Å². The summed E-state index contributed by atoms with van der Waals surface area (Å²) in [6.45, 7) is 6.98. The molecule has 0 bridgehead atoms. The Morgan fingerprint density at radius 3 is 2.83 bits per heavy atom. The van der Waals surface area contributed by atoms with Crippen LogP contribution in [-0.4, -0.2) is 40.1 Å². The Labute approximate surface area is 170 Å². The molecule has 0 spiro atoms. The maximum absolute atomic E-state index is 12.2. The zero-order chi connectivity index (χ0) is 20.4. The van der Waals surface area contributed by atoms with Gasteiger partial charge in [-0.25, -0.2) is 4.98 Å². The minimum absolute atomic E-state index is 0.129. The molecular weight excluding hydrogens is 364 g/mol. The molecule has 0 aliphatic carbocycles. The zero-order valence-corrected chi connectivity index (χ0v) is 17.1. The van der Waals surface area contributed by atoms with E-state index in [2.05, 4.69) is 40.8 Å². The number of likely N-dealkylation sites (tertiary alicyclic amines) is 1. The van der Waals surface area contributed by atoms with E-state index in [-0.39, 0.29) is 11.5 Å². The van der Waals surface area contributed by atoms with Gasteiger partial charge in [-0.15, -0.1) is 0 Å². The number of ether oxygens (including phenoxy) is 1. The van der Waals surface area contributed by atoms with Crippen LogP contribution in [0.1, 0.15) is 34.7 Å². The summed E-state index contributed by atoms with van der Waals surface area (Å²) in [6, 6.07) is 11.6. The van der Waals surface area contributed by atoms with Gasteiger partial charge < -0.3 is 9.72 Å². The van der Waals surface area contributed by atoms with Crippen molar-refractivity contribution in [3.63, 3.8) is 0 Å². The monoisotopic (exact) mass is 390 g/mol. The van der Waals surface area contributed by atoms with Gasteiger partial charge in [-0.2, -0.15) is 0 Å². The second kappa shape index (κ2) is 8.17. The van der Waals surface area contributed by atoms with Gasteiger partial charge in [-0.3, -0.25) is 14.7 Å². The number of methoxy groups -OCH3 is 1. The number of hydrogen-bond donors (Lipinski definition) is 1. The first-order valence-corrected chi connectivity index (χ1v) is 9.92. The Morgan fingerprint density at radius 1 is 1.21 bits per heavy atom. The van der Waals surface area contributed by atoms with Crippen LogP contribution in [0.3, 0.4) is 0 Å². The molecule has 1 aliphatic rings. The Hall–Kier alpha value is -2.99. The summed E-state index contributed by atoms with van der Waals surface area (Å²) in [5, 5.41) is 0. The van der Waals surface area contributed by atoms with Crippen molar-refractivity contribution in [3.05, 3.63) is 75.3 Å². The number of hydrogen-bond acceptors (Lipinski definition) is 5. The largest absolute Gasteiger partial charge is 0.496 e. The Balaban J connectivity index is 1.51. The molecule has 4 rings (SSSR count). The van der Waals surface area contributed by atoms with Crippen molar-refractivity contribution in [1.29, 1.82) is 0 Å². The SMILES string of the molecule is COc1cc(C)c(CN2CC[C@@H](c3cc(=O)[nH]c(-c4ccccn4)n3)C2)cc1C. The standard InChI is InChI=1S/C23H26N4O2/c1-15-11-21(29-3)16(2)10-18(15)14-27-9-7-17(13-27)20-12-22(28)26-23(25-20)19-6-4-5-8-24-19/h4-6,8,10-12,17H,7,9,13-14H2,1-3H3,(H,25,26,28)/t17-/m1/s1. The summed E-state index contributed by atoms with van der Waals surface area (Å²) in [5.41, 5.74) is 5.11. The molecule has 1 N–H and O–H groups in total. The number of benzene rings is 1. The van der Waals surface area contributed by atoms with Gasteiger partial charge in [0.15, 0.2) is 5.82 Å². The Morgan fingerprint density at radius 2 is 2.07 bits per heavy atom. The fraction of sp³-hybridized carbons (Fsp3) is 0.348. The molecule has 150 valence electrons. The molecule has 1 saturated heterocycles. The van der Waals surface area contributed by atoms with Crippen molar-refractivity contribution in [1.82, 2.24) is 19.9 Å². The number of H-pyrrole nitrogens is 1. The van der Waals surface area contributed by atoms with Crippen molar-refractivity contribution in [2.24, 2.45) is 0 Å². The zero-order valence-electron chi connectivity index (χ0n) is 17.1. The van der Waals surface area contributed by atoms with E-state index in [0.717, 1.165) is 43.1 Å². The van der Waals surface area contributed by atoms with Gasteiger partial charge in [0.2, 0.25) is 0 Å². The molecule has 1 atom stereocenters. The fourth-order valence-electron chi connectivity index (χ4n) is 4.01. The number of nitrogens with one attached hydrogen (secondary N) is 1. The van der Waals surface area contributed by atoms with Gasteiger partial charge in [-0.05, 0) is 61.7 Å². The van der Waals surface area contributed by atoms with E-state index in [0.29, 0.717) is 11.5 Å². The lowest BCUT2D eigenvalue weighted by molar-refractivity contribution is 0.325. The molecule has 3 aromatic rings. The topological polar surface area (TPSA) is 71.1 Å². The first-order chi connectivity index (χ1) is 14.0. The molecular formula is C23H26N4O2. The molecule has 0 amide bonds. The highest BCUT2D eigenvalue weighted by Crippen LogP contribution is 2.29. The maximum atomic E-state index is 12.2. The van der Waals surface area contributed by atoms with E-state index in [1.165, 1.54) is 11.1 Å². The molecule has 1 aliphatic heterocycles. The van der Waals surface area contributed by atoms with E-state index in [1.54, 1.807) is 19.4 Å². The first kappa shape index (κ1) is 19.3. The summed E-state index contributed by atoms with van der Waals surface area (Å²) >= 11 is 0. The summed E-state index contributed by atoms with van der Waals surface area (Å²) in [6.07, 6.45) is 2.70. The molecule has 1 fully saturated rings. The summed E-state index contributed by atoms with van der Waals surface area (Å²) < 4.78 is 5.43. The number of aromatic nitrogens is 3. The third-order valence-corrected chi connectivity index (χ3v) is 5.61. The third kappa shape index (κ3) is 4.22. The predicted molar refractivity (Wildman–Crippen MR) is 113 cm³/mol. The third-order valence-electron chi connectivity index (χ3n) is 5.61. The van der Waals surface area contributed by atoms with E-state index in [9.17, 15) is 4.79 Å². The second-order valence-corrected chi connectivity index (χ2v) is 7.70. The molecule has 29 heavy (non-hydrogen) atoms. The number of nitrogens with zero attached hydrogens (tertiary/aromatic N) is 3. The maximum Gasteiger partial charge on any atom is 0.251 e. The van der Waals surface area contributed by atoms with Crippen LogP contribution in [0.5, 0.6) is 5.75 Å². The highest BCUT2D eigenvalue weighted by Gasteiger charge is 2.26. The summed E-state index contributed by atoms with van der Waals surface area (Å²) in [5.74, 6) is 1.72. The smallest absolute Gasteiger partial charge is 0.251 e. The second-order valence-electron chi connectivity index (χ2n) is 7.70. The first-order valence-electron chi connectivity index (χ1n) is 9.92. The normalized spacial score (nSPS) is 16.9. The lowest BCUT2D eigenvalue weighted by Gasteiger charge is -2.19. The van der Waals surface area contributed by atoms with Crippen molar-refractivity contribution in [2.75, 3.05) is 20.2 Å². The quantitative estimate of drug-likeness (QED) is 0.723. The van der Waals surface area contributed by atoms with Crippen molar-refractivity contribution in [2.45, 2.75) is 32.7 Å². The molecule has 6 nitrogen and oxygen atoms in total. The summed E-state index contributed by atoms with van der Waals surface area (Å²) in [4.78, 5) is 26.5. The van der Waals surface area contributed by atoms with Crippen LogP contribution >= 0.6 is 0 Å². The number of pyridine rings is 1. The van der Waals surface area contributed by atoms with Crippen LogP contribution in [-0.2, 0) is 6.54 Å². The van der Waals surface area contributed by atoms with Crippen molar-refractivity contribution < 1.29 is 4.74 Å². The van der Waals surface area contributed by atoms with E-state index in [1.807, 2.05) is 18.2 Å².